The minimum atomic E-state index is -0.0465. The van der Waals surface area contributed by atoms with Crippen LogP contribution >= 0.6 is 0 Å². The van der Waals surface area contributed by atoms with Crippen molar-refractivity contribution in [3.05, 3.63) is 71.7 Å². The number of aryl methyl sites for hydroxylation is 1. The SMILES string of the molecule is C#C/C(N)=C/N(N)CCCCCc1cccc2c1CN(C(CCC=C)C(=C)NC)C2=O. The van der Waals surface area contributed by atoms with Crippen LogP contribution in [0.3, 0.4) is 0 Å². The smallest absolute Gasteiger partial charge is 0.255 e. The number of amides is 1. The number of carbonyl (C=O) groups is 1. The summed E-state index contributed by atoms with van der Waals surface area (Å²) in [5.41, 5.74) is 9.97. The number of unbranched alkanes of at least 4 members (excludes halogenated alkanes) is 2. The maximum atomic E-state index is 13.1. The fourth-order valence-electron chi connectivity index (χ4n) is 3.93. The summed E-state index contributed by atoms with van der Waals surface area (Å²) < 4.78 is 0. The highest BCUT2D eigenvalue weighted by molar-refractivity contribution is 5.99. The van der Waals surface area contributed by atoms with Crippen LogP contribution in [-0.4, -0.2) is 35.5 Å². The third kappa shape index (κ3) is 6.40. The lowest BCUT2D eigenvalue weighted by atomic mass is 9.98. The monoisotopic (exact) mass is 421 g/mol. The summed E-state index contributed by atoms with van der Waals surface area (Å²) in [5.74, 6) is 8.30. The number of rotatable bonds is 13. The number of benzene rings is 1. The van der Waals surface area contributed by atoms with Crippen molar-refractivity contribution in [2.45, 2.75) is 51.1 Å². The number of fused-ring (bicyclic) bond motifs is 1. The van der Waals surface area contributed by atoms with E-state index in [1.54, 1.807) is 6.20 Å². The van der Waals surface area contributed by atoms with Crippen molar-refractivity contribution in [2.75, 3.05) is 13.6 Å². The Labute approximate surface area is 186 Å². The molecule has 0 fully saturated rings. The molecule has 5 N–H and O–H groups in total. The molecular formula is C25H35N5O. The van der Waals surface area contributed by atoms with E-state index < -0.39 is 0 Å². The molecule has 6 nitrogen and oxygen atoms in total. The Bertz CT molecular complexity index is 867. The van der Waals surface area contributed by atoms with Gasteiger partial charge in [0.15, 0.2) is 0 Å². The molecule has 0 radical (unpaired) electrons. The second-order valence-corrected chi connectivity index (χ2v) is 7.81. The Kier molecular flexibility index (Phi) is 9.23. The molecule has 1 aliphatic rings. The van der Waals surface area contributed by atoms with Crippen molar-refractivity contribution in [1.82, 2.24) is 15.2 Å². The van der Waals surface area contributed by atoms with E-state index >= 15 is 0 Å². The van der Waals surface area contributed by atoms with Crippen molar-refractivity contribution in [1.29, 1.82) is 0 Å². The number of nitrogens with two attached hydrogens (primary N) is 2. The highest BCUT2D eigenvalue weighted by Crippen LogP contribution is 2.31. The van der Waals surface area contributed by atoms with E-state index in [1.807, 2.05) is 30.2 Å². The Morgan fingerprint density at radius 1 is 1.42 bits per heavy atom. The van der Waals surface area contributed by atoms with Gasteiger partial charge < -0.3 is 21.0 Å². The number of nitrogens with zero attached hydrogens (tertiary/aromatic N) is 2. The molecule has 166 valence electrons. The maximum absolute atomic E-state index is 13.1. The van der Waals surface area contributed by atoms with Crippen LogP contribution in [0.2, 0.25) is 0 Å². The van der Waals surface area contributed by atoms with Crippen molar-refractivity contribution < 1.29 is 4.79 Å². The number of likely N-dealkylation sites (N-methyl/N-ethyl adjacent to an activating group) is 1. The molecule has 6 heteroatoms. The number of hydrogen-bond acceptors (Lipinski definition) is 5. The van der Waals surface area contributed by atoms with Crippen LogP contribution in [0, 0.1) is 12.3 Å². The zero-order valence-corrected chi connectivity index (χ0v) is 18.6. The fourth-order valence-corrected chi connectivity index (χ4v) is 3.93. The lowest BCUT2D eigenvalue weighted by molar-refractivity contribution is 0.0719. The van der Waals surface area contributed by atoms with Gasteiger partial charge >= 0.3 is 0 Å². The molecule has 2 rings (SSSR count). The first-order valence-electron chi connectivity index (χ1n) is 10.8. The maximum Gasteiger partial charge on any atom is 0.255 e. The molecule has 0 spiro atoms. The number of hydrazine groups is 1. The second kappa shape index (κ2) is 11.9. The summed E-state index contributed by atoms with van der Waals surface area (Å²) in [4.78, 5) is 15.1. The van der Waals surface area contributed by atoms with Crippen molar-refractivity contribution in [3.63, 3.8) is 0 Å². The van der Waals surface area contributed by atoms with E-state index in [0.717, 1.165) is 55.3 Å². The Morgan fingerprint density at radius 2 is 2.19 bits per heavy atom. The average Bonchev–Trinajstić information content (AvgIpc) is 3.10. The van der Waals surface area contributed by atoms with Gasteiger partial charge in [0.1, 0.15) is 5.70 Å². The van der Waals surface area contributed by atoms with Gasteiger partial charge in [0.2, 0.25) is 0 Å². The van der Waals surface area contributed by atoms with Gasteiger partial charge in [-0.25, -0.2) is 5.84 Å². The van der Waals surface area contributed by atoms with Gasteiger partial charge in [-0.3, -0.25) is 4.79 Å². The summed E-state index contributed by atoms with van der Waals surface area (Å²) in [6.07, 6.45) is 14.3. The molecular weight excluding hydrogens is 386 g/mol. The van der Waals surface area contributed by atoms with E-state index in [1.165, 1.54) is 10.6 Å². The molecule has 0 saturated heterocycles. The predicted octanol–water partition coefficient (Wildman–Crippen LogP) is 3.03. The van der Waals surface area contributed by atoms with Crippen molar-refractivity contribution in [2.24, 2.45) is 11.6 Å². The average molecular weight is 422 g/mol. The molecule has 0 bridgehead atoms. The lowest BCUT2D eigenvalue weighted by Gasteiger charge is -2.29. The minimum Gasteiger partial charge on any atom is -0.391 e. The minimum absolute atomic E-state index is 0.0465. The van der Waals surface area contributed by atoms with Gasteiger partial charge in [-0.1, -0.05) is 37.1 Å². The first-order valence-corrected chi connectivity index (χ1v) is 10.8. The lowest BCUT2D eigenvalue weighted by Crippen LogP contribution is -2.39. The van der Waals surface area contributed by atoms with Gasteiger partial charge in [0, 0.05) is 37.6 Å². The molecule has 0 aromatic heterocycles. The largest absolute Gasteiger partial charge is 0.391 e. The fraction of sp³-hybridized carbons (Fsp3) is 0.400. The molecule has 31 heavy (non-hydrogen) atoms. The Morgan fingerprint density at radius 3 is 2.87 bits per heavy atom. The standard InChI is InChI=1S/C25H35N5O/c1-5-7-15-24(19(3)28-4)30-18-23-20(13-11-14-22(23)25(30)31)12-9-8-10-16-29(27)17-21(26)6-2/h2,5,11,13-14,17,24,28H,1,3,7-10,12,15-16,18,26-27H2,4H3/b21-17-. The Hall–Kier alpha value is -3.17. The van der Waals surface area contributed by atoms with Crippen LogP contribution in [0.25, 0.3) is 0 Å². The Balaban J connectivity index is 1.98. The summed E-state index contributed by atoms with van der Waals surface area (Å²) in [6, 6.07) is 6.00. The van der Waals surface area contributed by atoms with Gasteiger partial charge in [0.25, 0.3) is 5.91 Å². The molecule has 1 amide bonds. The van der Waals surface area contributed by atoms with Crippen molar-refractivity contribution in [3.8, 4) is 12.3 Å². The third-order valence-electron chi connectivity index (χ3n) is 5.67. The third-order valence-corrected chi connectivity index (χ3v) is 5.67. The van der Waals surface area contributed by atoms with Gasteiger partial charge in [-0.2, -0.15) is 0 Å². The van der Waals surface area contributed by atoms with E-state index in [9.17, 15) is 4.79 Å². The summed E-state index contributed by atoms with van der Waals surface area (Å²) in [6.45, 7) is 9.25. The topological polar surface area (TPSA) is 87.6 Å². The predicted molar refractivity (Wildman–Crippen MR) is 127 cm³/mol. The van der Waals surface area contributed by atoms with E-state index in [2.05, 4.69) is 30.5 Å². The molecule has 0 aliphatic carbocycles. The summed E-state index contributed by atoms with van der Waals surface area (Å²) >= 11 is 0. The summed E-state index contributed by atoms with van der Waals surface area (Å²) in [7, 11) is 1.85. The van der Waals surface area contributed by atoms with Gasteiger partial charge in [-0.15, -0.1) is 13.0 Å². The van der Waals surface area contributed by atoms with E-state index in [0.29, 0.717) is 18.8 Å². The van der Waals surface area contributed by atoms with Crippen LogP contribution in [-0.2, 0) is 13.0 Å². The molecule has 0 saturated carbocycles. The zero-order valence-electron chi connectivity index (χ0n) is 18.6. The number of nitrogens with one attached hydrogen (secondary N) is 1. The normalized spacial score (nSPS) is 14.0. The van der Waals surface area contributed by atoms with Crippen LogP contribution < -0.4 is 16.9 Å². The molecule has 1 heterocycles. The number of hydrogen-bond donors (Lipinski definition) is 3. The molecule has 1 aliphatic heterocycles. The first-order chi connectivity index (χ1) is 14.9. The molecule has 1 unspecified atom stereocenters. The van der Waals surface area contributed by atoms with Crippen molar-refractivity contribution >= 4 is 5.91 Å². The zero-order chi connectivity index (χ0) is 22.8. The molecule has 1 aromatic carbocycles. The number of allylic oxidation sites excluding steroid dienone is 2. The number of terminal acetylenes is 1. The first kappa shape index (κ1) is 24.1. The van der Waals surface area contributed by atoms with Gasteiger partial charge in [0.05, 0.1) is 6.04 Å². The van der Waals surface area contributed by atoms with Crippen LogP contribution in [0.1, 0.15) is 53.6 Å². The van der Waals surface area contributed by atoms with E-state index in [4.69, 9.17) is 18.0 Å². The molecule has 1 aromatic rings. The number of carbonyl (C=O) groups excluding carboxylic acids is 1. The van der Waals surface area contributed by atoms with Crippen LogP contribution in [0.4, 0.5) is 0 Å². The highest BCUT2D eigenvalue weighted by Gasteiger charge is 2.34. The van der Waals surface area contributed by atoms with Gasteiger partial charge in [-0.05, 0) is 49.3 Å². The molecule has 1 atom stereocenters. The van der Waals surface area contributed by atoms with Crippen LogP contribution in [0.15, 0.2) is 55.0 Å². The second-order valence-electron chi connectivity index (χ2n) is 7.81. The quantitative estimate of drug-likeness (QED) is 0.150. The highest BCUT2D eigenvalue weighted by atomic mass is 16.2. The van der Waals surface area contributed by atoms with Crippen LogP contribution in [0.5, 0.6) is 0 Å². The summed E-state index contributed by atoms with van der Waals surface area (Å²) in [5, 5.41) is 4.66. The van der Waals surface area contributed by atoms with E-state index in [-0.39, 0.29) is 11.9 Å².